The third kappa shape index (κ3) is 3.07. The Balaban J connectivity index is 2.17. The Labute approximate surface area is 111 Å². The zero-order valence-corrected chi connectivity index (χ0v) is 11.5. The van der Waals surface area contributed by atoms with Crippen molar-refractivity contribution in [3.63, 3.8) is 0 Å². The molecule has 1 aromatic heterocycles. The molecule has 0 aliphatic rings. The average molecular weight is 267 g/mol. The minimum Gasteiger partial charge on any atom is -0.385 e. The third-order valence-electron chi connectivity index (χ3n) is 3.03. The molecule has 0 spiro atoms. The van der Waals surface area contributed by atoms with Crippen LogP contribution in [0.3, 0.4) is 0 Å². The van der Waals surface area contributed by atoms with Gasteiger partial charge in [0.2, 0.25) is 0 Å². The lowest BCUT2D eigenvalue weighted by Crippen LogP contribution is -2.15. The van der Waals surface area contributed by atoms with E-state index in [4.69, 9.17) is 4.74 Å². The van der Waals surface area contributed by atoms with Gasteiger partial charge in [-0.3, -0.25) is 0 Å². The maximum absolute atomic E-state index is 13.1. The van der Waals surface area contributed by atoms with E-state index in [-0.39, 0.29) is 5.82 Å². The largest absolute Gasteiger partial charge is 0.385 e. The summed E-state index contributed by atoms with van der Waals surface area (Å²) in [6, 6.07) is 7.36. The van der Waals surface area contributed by atoms with Crippen LogP contribution in [0.1, 0.15) is 23.8 Å². The summed E-state index contributed by atoms with van der Waals surface area (Å²) in [4.78, 5) is 1.26. The van der Waals surface area contributed by atoms with Gasteiger partial charge in [-0.25, -0.2) is 4.39 Å². The Morgan fingerprint density at radius 2 is 2.22 bits per heavy atom. The summed E-state index contributed by atoms with van der Waals surface area (Å²) < 4.78 is 19.4. The lowest BCUT2D eigenvalue weighted by Gasteiger charge is -2.13. The number of methoxy groups -OCH3 is 1. The van der Waals surface area contributed by atoms with Crippen molar-refractivity contribution in [1.29, 1.82) is 0 Å². The van der Waals surface area contributed by atoms with Crippen LogP contribution < -0.4 is 5.32 Å². The molecule has 1 heterocycles. The van der Waals surface area contributed by atoms with Crippen LogP contribution in [0.4, 0.5) is 4.39 Å². The molecule has 0 amide bonds. The van der Waals surface area contributed by atoms with Crippen molar-refractivity contribution in [1.82, 2.24) is 5.32 Å². The number of nitrogens with one attached hydrogen (secondary N) is 1. The van der Waals surface area contributed by atoms with E-state index in [1.807, 2.05) is 13.1 Å². The minimum atomic E-state index is -0.174. The van der Waals surface area contributed by atoms with Gasteiger partial charge in [-0.15, -0.1) is 11.3 Å². The topological polar surface area (TPSA) is 21.3 Å². The van der Waals surface area contributed by atoms with Gasteiger partial charge in [0.15, 0.2) is 0 Å². The van der Waals surface area contributed by atoms with Crippen LogP contribution in [0, 0.1) is 5.82 Å². The summed E-state index contributed by atoms with van der Waals surface area (Å²) in [5.74, 6) is -0.174. The SMILES string of the molecule is CNC(CCCOC)c1cc2cc(F)ccc2s1. The fourth-order valence-corrected chi connectivity index (χ4v) is 3.26. The van der Waals surface area contributed by atoms with Crippen molar-refractivity contribution in [3.05, 3.63) is 35.0 Å². The van der Waals surface area contributed by atoms with Gasteiger partial charge in [-0.05, 0) is 49.5 Å². The second kappa shape index (κ2) is 6.27. The van der Waals surface area contributed by atoms with E-state index >= 15 is 0 Å². The molecule has 0 bridgehead atoms. The smallest absolute Gasteiger partial charge is 0.123 e. The van der Waals surface area contributed by atoms with E-state index in [1.165, 1.54) is 10.9 Å². The van der Waals surface area contributed by atoms with Gasteiger partial charge in [0.1, 0.15) is 5.82 Å². The fraction of sp³-hybridized carbons (Fsp3) is 0.429. The number of hydrogen-bond acceptors (Lipinski definition) is 3. The molecule has 2 aromatic rings. The molecule has 18 heavy (non-hydrogen) atoms. The average Bonchev–Trinajstić information content (AvgIpc) is 2.77. The summed E-state index contributed by atoms with van der Waals surface area (Å²) in [6.07, 6.45) is 2.05. The van der Waals surface area contributed by atoms with E-state index in [1.54, 1.807) is 24.5 Å². The van der Waals surface area contributed by atoms with Gasteiger partial charge >= 0.3 is 0 Å². The zero-order valence-electron chi connectivity index (χ0n) is 10.7. The predicted octanol–water partition coefficient (Wildman–Crippen LogP) is 3.73. The number of thiophene rings is 1. The quantitative estimate of drug-likeness (QED) is 0.805. The van der Waals surface area contributed by atoms with Crippen LogP contribution >= 0.6 is 11.3 Å². The maximum Gasteiger partial charge on any atom is 0.123 e. The van der Waals surface area contributed by atoms with Crippen molar-refractivity contribution >= 4 is 21.4 Å². The van der Waals surface area contributed by atoms with Crippen LogP contribution in [0.25, 0.3) is 10.1 Å². The van der Waals surface area contributed by atoms with Crippen LogP contribution in [-0.4, -0.2) is 20.8 Å². The maximum atomic E-state index is 13.1. The summed E-state index contributed by atoms with van der Waals surface area (Å²) in [7, 11) is 3.68. The molecule has 4 heteroatoms. The molecule has 0 aliphatic carbocycles. The highest BCUT2D eigenvalue weighted by atomic mass is 32.1. The summed E-state index contributed by atoms with van der Waals surface area (Å²) in [6.45, 7) is 0.775. The van der Waals surface area contributed by atoms with Crippen LogP contribution in [0.15, 0.2) is 24.3 Å². The summed E-state index contributed by atoms with van der Waals surface area (Å²) >= 11 is 1.73. The molecule has 1 unspecified atom stereocenters. The van der Waals surface area contributed by atoms with E-state index in [9.17, 15) is 4.39 Å². The molecule has 0 fully saturated rings. The fourth-order valence-electron chi connectivity index (χ4n) is 2.07. The first-order valence-electron chi connectivity index (χ1n) is 6.10. The van der Waals surface area contributed by atoms with E-state index in [0.29, 0.717) is 6.04 Å². The Kier molecular flexibility index (Phi) is 4.69. The highest BCUT2D eigenvalue weighted by Gasteiger charge is 2.12. The predicted molar refractivity (Wildman–Crippen MR) is 74.7 cm³/mol. The molecule has 1 aromatic carbocycles. The molecule has 1 atom stereocenters. The van der Waals surface area contributed by atoms with Gasteiger partial charge in [0.05, 0.1) is 0 Å². The molecule has 0 aliphatic heterocycles. The number of fused-ring (bicyclic) bond motifs is 1. The lowest BCUT2D eigenvalue weighted by molar-refractivity contribution is 0.189. The van der Waals surface area contributed by atoms with Crippen molar-refractivity contribution in [3.8, 4) is 0 Å². The van der Waals surface area contributed by atoms with Gasteiger partial charge in [-0.1, -0.05) is 0 Å². The first kappa shape index (κ1) is 13.5. The van der Waals surface area contributed by atoms with Crippen molar-refractivity contribution in [2.45, 2.75) is 18.9 Å². The van der Waals surface area contributed by atoms with Crippen LogP contribution in [0.2, 0.25) is 0 Å². The van der Waals surface area contributed by atoms with Crippen molar-refractivity contribution in [2.75, 3.05) is 20.8 Å². The molecule has 98 valence electrons. The first-order chi connectivity index (χ1) is 8.74. The van der Waals surface area contributed by atoms with Gasteiger partial charge in [-0.2, -0.15) is 0 Å². The van der Waals surface area contributed by atoms with E-state index in [0.717, 1.165) is 29.5 Å². The normalized spacial score (nSPS) is 13.1. The molecule has 0 radical (unpaired) electrons. The Bertz CT molecular complexity index is 511. The van der Waals surface area contributed by atoms with Crippen molar-refractivity contribution in [2.24, 2.45) is 0 Å². The van der Waals surface area contributed by atoms with Gasteiger partial charge in [0, 0.05) is 29.3 Å². The molecule has 2 rings (SSSR count). The molecular formula is C14H18FNOS. The van der Waals surface area contributed by atoms with Gasteiger partial charge < -0.3 is 10.1 Å². The van der Waals surface area contributed by atoms with Crippen LogP contribution in [0.5, 0.6) is 0 Å². The van der Waals surface area contributed by atoms with E-state index in [2.05, 4.69) is 11.4 Å². The Morgan fingerprint density at radius 3 is 2.94 bits per heavy atom. The second-order valence-electron chi connectivity index (χ2n) is 4.31. The number of benzene rings is 1. The molecule has 1 N–H and O–H groups in total. The van der Waals surface area contributed by atoms with E-state index < -0.39 is 0 Å². The molecule has 0 saturated heterocycles. The number of ether oxygens (including phenoxy) is 1. The minimum absolute atomic E-state index is 0.174. The summed E-state index contributed by atoms with van der Waals surface area (Å²) in [5, 5.41) is 4.30. The highest BCUT2D eigenvalue weighted by molar-refractivity contribution is 7.19. The number of halogens is 1. The number of hydrogen-bond donors (Lipinski definition) is 1. The Hall–Kier alpha value is -0.970. The zero-order chi connectivity index (χ0) is 13.0. The first-order valence-corrected chi connectivity index (χ1v) is 6.91. The monoisotopic (exact) mass is 267 g/mol. The van der Waals surface area contributed by atoms with Crippen LogP contribution in [-0.2, 0) is 4.74 Å². The second-order valence-corrected chi connectivity index (χ2v) is 5.42. The molecule has 0 saturated carbocycles. The number of rotatable bonds is 6. The third-order valence-corrected chi connectivity index (χ3v) is 4.26. The highest BCUT2D eigenvalue weighted by Crippen LogP contribution is 2.32. The summed E-state index contributed by atoms with van der Waals surface area (Å²) in [5.41, 5.74) is 0. The standard InChI is InChI=1S/C14H18FNOS/c1-16-12(4-3-7-17-2)14-9-10-8-11(15)5-6-13(10)18-14/h5-6,8-9,12,16H,3-4,7H2,1-2H3. The Morgan fingerprint density at radius 1 is 1.39 bits per heavy atom. The molecule has 2 nitrogen and oxygen atoms in total. The van der Waals surface area contributed by atoms with Crippen molar-refractivity contribution < 1.29 is 9.13 Å². The lowest BCUT2D eigenvalue weighted by atomic mass is 10.1. The molecular weight excluding hydrogens is 249 g/mol. The van der Waals surface area contributed by atoms with Gasteiger partial charge in [0.25, 0.3) is 0 Å².